The lowest BCUT2D eigenvalue weighted by Crippen LogP contribution is -2.26. The molecule has 5 nitrogen and oxygen atoms in total. The molecule has 2 aromatic rings. The topological polar surface area (TPSA) is 72.2 Å². The third kappa shape index (κ3) is 5.12. The highest BCUT2D eigenvalue weighted by Gasteiger charge is 2.15. The van der Waals surface area contributed by atoms with E-state index in [0.29, 0.717) is 12.3 Å². The molecule has 126 valence electrons. The van der Waals surface area contributed by atoms with Gasteiger partial charge in [-0.25, -0.2) is 0 Å². The highest BCUT2D eigenvalue weighted by atomic mass is 35.5. The molecule has 0 spiro atoms. The molecule has 0 aliphatic rings. The van der Waals surface area contributed by atoms with Gasteiger partial charge in [-0.3, -0.25) is 14.9 Å². The van der Waals surface area contributed by atoms with Crippen LogP contribution in [0.5, 0.6) is 0 Å². The maximum atomic E-state index is 12.1. The molecule has 2 rings (SSSR count). The van der Waals surface area contributed by atoms with E-state index in [0.717, 1.165) is 16.3 Å². The molecule has 0 aliphatic carbocycles. The quantitative estimate of drug-likeness (QED) is 0.431. The van der Waals surface area contributed by atoms with E-state index in [1.165, 1.54) is 18.2 Å². The molecule has 2 aromatic carbocycles. The van der Waals surface area contributed by atoms with Crippen LogP contribution in [0.4, 0.5) is 5.69 Å². The van der Waals surface area contributed by atoms with Crippen molar-refractivity contribution < 1.29 is 9.72 Å². The van der Waals surface area contributed by atoms with Gasteiger partial charge in [0.1, 0.15) is 0 Å². The second-order valence-electron chi connectivity index (χ2n) is 4.82. The Morgan fingerprint density at radius 2 is 1.92 bits per heavy atom. The average Bonchev–Trinajstić information content (AvgIpc) is 2.56. The highest BCUT2D eigenvalue weighted by molar-refractivity contribution is 7.98. The summed E-state index contributed by atoms with van der Waals surface area (Å²) in [6, 6.07) is 11.4. The minimum Gasteiger partial charge on any atom is -0.351 e. The molecule has 0 bridgehead atoms. The van der Waals surface area contributed by atoms with E-state index in [9.17, 15) is 14.9 Å². The van der Waals surface area contributed by atoms with Crippen LogP contribution in [0, 0.1) is 10.1 Å². The molecule has 1 amide bonds. The van der Waals surface area contributed by atoms with Crippen molar-refractivity contribution in [3.63, 3.8) is 0 Å². The summed E-state index contributed by atoms with van der Waals surface area (Å²) in [6.45, 7) is 0.424. The summed E-state index contributed by atoms with van der Waals surface area (Å²) in [7, 11) is 0. The standard InChI is InChI=1S/C16H14Cl2N2O3S/c17-14-4-2-1-3-11(14)10-24-8-7-19-16(21)13-9-12(20(22)23)5-6-15(13)18/h1-6,9H,7-8,10H2,(H,19,21). The van der Waals surface area contributed by atoms with E-state index >= 15 is 0 Å². The van der Waals surface area contributed by atoms with Gasteiger partial charge in [-0.2, -0.15) is 11.8 Å². The van der Waals surface area contributed by atoms with Crippen molar-refractivity contribution in [3.05, 3.63) is 73.8 Å². The van der Waals surface area contributed by atoms with Gasteiger partial charge in [0, 0.05) is 35.2 Å². The predicted octanol–water partition coefficient (Wildman–Crippen LogP) is 4.56. The van der Waals surface area contributed by atoms with E-state index < -0.39 is 10.8 Å². The van der Waals surface area contributed by atoms with Crippen LogP contribution in [0.3, 0.4) is 0 Å². The zero-order valence-electron chi connectivity index (χ0n) is 12.5. The molecular formula is C16H14Cl2N2O3S. The summed E-state index contributed by atoms with van der Waals surface area (Å²) in [4.78, 5) is 22.3. The number of nitrogens with one attached hydrogen (secondary N) is 1. The summed E-state index contributed by atoms with van der Waals surface area (Å²) in [5.41, 5.74) is 0.969. The maximum Gasteiger partial charge on any atom is 0.270 e. The number of nitrogens with zero attached hydrogens (tertiary/aromatic N) is 1. The summed E-state index contributed by atoms with van der Waals surface area (Å²) < 4.78 is 0. The largest absolute Gasteiger partial charge is 0.351 e. The van der Waals surface area contributed by atoms with E-state index in [1.54, 1.807) is 11.8 Å². The first kappa shape index (κ1) is 18.6. The molecule has 1 N–H and O–H groups in total. The Morgan fingerprint density at radius 1 is 1.17 bits per heavy atom. The van der Waals surface area contributed by atoms with Crippen LogP contribution < -0.4 is 5.32 Å². The number of carbonyl (C=O) groups is 1. The van der Waals surface area contributed by atoms with Crippen molar-refractivity contribution in [2.24, 2.45) is 0 Å². The Bertz CT molecular complexity index is 756. The molecule has 0 atom stereocenters. The Labute approximate surface area is 153 Å². The van der Waals surface area contributed by atoms with Gasteiger partial charge in [-0.15, -0.1) is 0 Å². The summed E-state index contributed by atoms with van der Waals surface area (Å²) in [5, 5.41) is 14.4. The van der Waals surface area contributed by atoms with Gasteiger partial charge >= 0.3 is 0 Å². The number of carbonyl (C=O) groups excluding carboxylic acids is 1. The van der Waals surface area contributed by atoms with Crippen LogP contribution in [0.25, 0.3) is 0 Å². The average molecular weight is 385 g/mol. The minimum absolute atomic E-state index is 0.0990. The lowest BCUT2D eigenvalue weighted by Gasteiger charge is -2.07. The zero-order valence-corrected chi connectivity index (χ0v) is 14.8. The smallest absolute Gasteiger partial charge is 0.270 e. The van der Waals surface area contributed by atoms with Crippen molar-refractivity contribution in [1.29, 1.82) is 0 Å². The molecule has 0 aromatic heterocycles. The molecule has 0 fully saturated rings. The number of non-ortho nitro benzene ring substituents is 1. The van der Waals surface area contributed by atoms with Crippen LogP contribution in [-0.4, -0.2) is 23.1 Å². The first-order chi connectivity index (χ1) is 11.5. The number of amides is 1. The number of nitro benzene ring substituents is 1. The number of rotatable bonds is 7. The van der Waals surface area contributed by atoms with Crippen molar-refractivity contribution in [1.82, 2.24) is 5.32 Å². The molecule has 0 aliphatic heterocycles. The maximum absolute atomic E-state index is 12.1. The third-order valence-electron chi connectivity index (χ3n) is 3.15. The van der Waals surface area contributed by atoms with Crippen molar-refractivity contribution in [2.75, 3.05) is 12.3 Å². The molecule has 0 heterocycles. The van der Waals surface area contributed by atoms with E-state index in [2.05, 4.69) is 5.32 Å². The molecule has 8 heteroatoms. The Morgan fingerprint density at radius 3 is 2.62 bits per heavy atom. The summed E-state index contributed by atoms with van der Waals surface area (Å²) in [5.74, 6) is 0.999. The number of nitro groups is 1. The second kappa shape index (κ2) is 8.92. The number of hydrogen-bond donors (Lipinski definition) is 1. The SMILES string of the molecule is O=C(NCCSCc1ccccc1Cl)c1cc([N+](=O)[O-])ccc1Cl. The van der Waals surface area contributed by atoms with Crippen LogP contribution in [0.1, 0.15) is 15.9 Å². The second-order valence-corrected chi connectivity index (χ2v) is 6.74. The normalized spacial score (nSPS) is 10.4. The number of halogens is 2. The van der Waals surface area contributed by atoms with Gasteiger partial charge in [0.15, 0.2) is 0 Å². The molecule has 0 unspecified atom stereocenters. The number of benzene rings is 2. The number of hydrogen-bond acceptors (Lipinski definition) is 4. The third-order valence-corrected chi connectivity index (χ3v) is 4.86. The Kier molecular flexibility index (Phi) is 6.90. The van der Waals surface area contributed by atoms with Gasteiger partial charge in [0.25, 0.3) is 11.6 Å². The minimum atomic E-state index is -0.563. The molecule has 0 saturated carbocycles. The van der Waals surface area contributed by atoms with Crippen LogP contribution in [0.2, 0.25) is 10.0 Å². The monoisotopic (exact) mass is 384 g/mol. The van der Waals surface area contributed by atoms with Crippen LogP contribution in [-0.2, 0) is 5.75 Å². The van der Waals surface area contributed by atoms with Gasteiger partial charge < -0.3 is 5.32 Å². The molecular weight excluding hydrogens is 371 g/mol. The van der Waals surface area contributed by atoms with Gasteiger partial charge in [-0.1, -0.05) is 41.4 Å². The lowest BCUT2D eigenvalue weighted by molar-refractivity contribution is -0.384. The van der Waals surface area contributed by atoms with Crippen molar-refractivity contribution in [2.45, 2.75) is 5.75 Å². The van der Waals surface area contributed by atoms with E-state index in [4.69, 9.17) is 23.2 Å². The van der Waals surface area contributed by atoms with Crippen molar-refractivity contribution in [3.8, 4) is 0 Å². The lowest BCUT2D eigenvalue weighted by atomic mass is 10.2. The first-order valence-electron chi connectivity index (χ1n) is 7.02. The Balaban J connectivity index is 1.82. The molecule has 24 heavy (non-hydrogen) atoms. The number of thioether (sulfide) groups is 1. The first-order valence-corrected chi connectivity index (χ1v) is 8.93. The summed E-state index contributed by atoms with van der Waals surface area (Å²) in [6.07, 6.45) is 0. The van der Waals surface area contributed by atoms with E-state index in [1.807, 2.05) is 24.3 Å². The van der Waals surface area contributed by atoms with Gasteiger partial charge in [0.05, 0.1) is 15.5 Å². The highest BCUT2D eigenvalue weighted by Crippen LogP contribution is 2.22. The fourth-order valence-electron chi connectivity index (χ4n) is 1.93. The zero-order chi connectivity index (χ0) is 17.5. The van der Waals surface area contributed by atoms with E-state index in [-0.39, 0.29) is 16.3 Å². The van der Waals surface area contributed by atoms with Crippen LogP contribution >= 0.6 is 35.0 Å². The molecule has 0 saturated heterocycles. The fraction of sp³-hybridized carbons (Fsp3) is 0.188. The van der Waals surface area contributed by atoms with Crippen molar-refractivity contribution >= 4 is 46.6 Å². The van der Waals surface area contributed by atoms with Gasteiger partial charge in [-0.05, 0) is 17.7 Å². The van der Waals surface area contributed by atoms with Gasteiger partial charge in [0.2, 0.25) is 0 Å². The predicted molar refractivity (Wildman–Crippen MR) is 98.1 cm³/mol. The molecule has 0 radical (unpaired) electrons. The fourth-order valence-corrected chi connectivity index (χ4v) is 3.28. The Hall–Kier alpha value is -1.76. The van der Waals surface area contributed by atoms with Crippen LogP contribution in [0.15, 0.2) is 42.5 Å². The summed E-state index contributed by atoms with van der Waals surface area (Å²) >= 11 is 13.6.